The van der Waals surface area contributed by atoms with Crippen LogP contribution in [0.25, 0.3) is 0 Å². The number of carbonyl (C=O) groups is 4. The van der Waals surface area contributed by atoms with Crippen LogP contribution in [0.4, 0.5) is 4.79 Å². The fourth-order valence-electron chi connectivity index (χ4n) is 4.81. The van der Waals surface area contributed by atoms with Gasteiger partial charge in [0.1, 0.15) is 24.7 Å². The fourth-order valence-corrected chi connectivity index (χ4v) is 4.81. The van der Waals surface area contributed by atoms with Crippen molar-refractivity contribution in [2.75, 3.05) is 13.1 Å². The number of fused-ring (bicyclic) bond motifs is 1. The average molecular weight is 409 g/mol. The highest BCUT2D eigenvalue weighted by molar-refractivity contribution is 5.92. The lowest BCUT2D eigenvalue weighted by Crippen LogP contribution is -2.52. The second-order valence-electron chi connectivity index (χ2n) is 8.47. The molecule has 0 aromatic carbocycles. The molecule has 9 heteroatoms. The van der Waals surface area contributed by atoms with Gasteiger partial charge in [-0.15, -0.1) is 0 Å². The van der Waals surface area contributed by atoms with Gasteiger partial charge >= 0.3 is 12.1 Å². The van der Waals surface area contributed by atoms with Gasteiger partial charge in [-0.2, -0.15) is 0 Å². The molecule has 162 valence electrons. The molecule has 1 heterocycles. The van der Waals surface area contributed by atoms with E-state index < -0.39 is 30.1 Å². The molecule has 1 saturated heterocycles. The number of likely N-dealkylation sites (tertiary alicyclic amines) is 1. The van der Waals surface area contributed by atoms with Crippen LogP contribution >= 0.6 is 0 Å². The van der Waals surface area contributed by atoms with Crippen molar-refractivity contribution in [1.82, 2.24) is 15.5 Å². The molecule has 3 aliphatic rings. The Morgan fingerprint density at radius 2 is 1.90 bits per heavy atom. The molecule has 3 N–H and O–H groups in total. The molecular formula is C20H31N3O6. The van der Waals surface area contributed by atoms with Crippen molar-refractivity contribution in [2.24, 2.45) is 17.8 Å². The molecule has 0 unspecified atom stereocenters. The van der Waals surface area contributed by atoms with Gasteiger partial charge in [-0.1, -0.05) is 20.3 Å². The molecule has 0 bridgehead atoms. The van der Waals surface area contributed by atoms with E-state index in [1.807, 2.05) is 6.92 Å². The number of hydrogen-bond donors (Lipinski definition) is 3. The Hall–Kier alpha value is -2.32. The molecule has 2 aliphatic carbocycles. The molecule has 9 nitrogen and oxygen atoms in total. The highest BCUT2D eigenvalue weighted by atomic mass is 16.6. The van der Waals surface area contributed by atoms with E-state index in [4.69, 9.17) is 4.74 Å². The summed E-state index contributed by atoms with van der Waals surface area (Å²) in [5.41, 5.74) is 0. The van der Waals surface area contributed by atoms with Gasteiger partial charge in [-0.05, 0) is 49.9 Å². The van der Waals surface area contributed by atoms with Crippen molar-refractivity contribution in [3.8, 4) is 0 Å². The van der Waals surface area contributed by atoms with Crippen molar-refractivity contribution >= 4 is 23.9 Å². The van der Waals surface area contributed by atoms with Gasteiger partial charge in [-0.3, -0.25) is 9.59 Å². The SMILES string of the molecule is CCC[C@@H](NC(=O)[C@@H]1CCCN1C(=O)CNC(=O)O[C@@H]1C[C@@H]2[C@H](C)[C@@H]2C1)C(=O)O. The zero-order valence-corrected chi connectivity index (χ0v) is 17.1. The number of alkyl carbamates (subject to hydrolysis) is 1. The van der Waals surface area contributed by atoms with Crippen molar-refractivity contribution in [1.29, 1.82) is 0 Å². The van der Waals surface area contributed by atoms with E-state index in [0.29, 0.717) is 44.1 Å². The van der Waals surface area contributed by atoms with Gasteiger partial charge in [-0.25, -0.2) is 9.59 Å². The number of aliphatic carboxylic acids is 1. The summed E-state index contributed by atoms with van der Waals surface area (Å²) in [7, 11) is 0. The summed E-state index contributed by atoms with van der Waals surface area (Å²) >= 11 is 0. The third-order valence-corrected chi connectivity index (χ3v) is 6.56. The molecule has 2 saturated carbocycles. The quantitative estimate of drug-likeness (QED) is 0.552. The van der Waals surface area contributed by atoms with E-state index in [1.165, 1.54) is 4.90 Å². The Balaban J connectivity index is 1.43. The zero-order chi connectivity index (χ0) is 21.1. The van der Waals surface area contributed by atoms with E-state index >= 15 is 0 Å². The van der Waals surface area contributed by atoms with Gasteiger partial charge < -0.3 is 25.4 Å². The summed E-state index contributed by atoms with van der Waals surface area (Å²) < 4.78 is 5.39. The molecule has 0 aromatic rings. The molecule has 3 amide bonds. The van der Waals surface area contributed by atoms with Crippen molar-refractivity contribution in [3.63, 3.8) is 0 Å². The Labute approximate surface area is 170 Å². The molecule has 6 atom stereocenters. The maximum absolute atomic E-state index is 12.5. The number of hydrogen-bond acceptors (Lipinski definition) is 5. The largest absolute Gasteiger partial charge is 0.480 e. The van der Waals surface area contributed by atoms with E-state index in [1.54, 1.807) is 0 Å². The van der Waals surface area contributed by atoms with Crippen LogP contribution in [0, 0.1) is 17.8 Å². The maximum atomic E-state index is 12.5. The molecule has 0 radical (unpaired) electrons. The van der Waals surface area contributed by atoms with Crippen LogP contribution in [0.2, 0.25) is 0 Å². The summed E-state index contributed by atoms with van der Waals surface area (Å²) in [5, 5.41) is 14.2. The van der Waals surface area contributed by atoms with Gasteiger partial charge in [0, 0.05) is 6.54 Å². The number of nitrogens with zero attached hydrogens (tertiary/aromatic N) is 1. The third-order valence-electron chi connectivity index (χ3n) is 6.56. The summed E-state index contributed by atoms with van der Waals surface area (Å²) in [6.07, 6.45) is 3.19. The first-order chi connectivity index (χ1) is 13.8. The Morgan fingerprint density at radius 1 is 1.21 bits per heavy atom. The first kappa shape index (κ1) is 21.4. The van der Waals surface area contributed by atoms with Crippen molar-refractivity contribution in [2.45, 2.75) is 70.6 Å². The van der Waals surface area contributed by atoms with Crippen LogP contribution in [-0.4, -0.2) is 65.2 Å². The third kappa shape index (κ3) is 5.00. The van der Waals surface area contributed by atoms with Crippen LogP contribution in [0.15, 0.2) is 0 Å². The smallest absolute Gasteiger partial charge is 0.407 e. The minimum atomic E-state index is -1.08. The highest BCUT2D eigenvalue weighted by Crippen LogP contribution is 2.57. The lowest BCUT2D eigenvalue weighted by atomic mass is 10.1. The number of nitrogens with one attached hydrogen (secondary N) is 2. The first-order valence-electron chi connectivity index (χ1n) is 10.6. The number of carboxylic acids is 1. The molecule has 1 aliphatic heterocycles. The zero-order valence-electron chi connectivity index (χ0n) is 17.1. The average Bonchev–Trinajstić information content (AvgIpc) is 3.10. The number of carboxylic acid groups (broad SMARTS) is 1. The van der Waals surface area contributed by atoms with Gasteiger partial charge in [0.15, 0.2) is 0 Å². The second-order valence-corrected chi connectivity index (χ2v) is 8.47. The molecule has 0 aromatic heterocycles. The Kier molecular flexibility index (Phi) is 6.64. The summed E-state index contributed by atoms with van der Waals surface area (Å²) in [6.45, 7) is 4.22. The summed E-state index contributed by atoms with van der Waals surface area (Å²) in [4.78, 5) is 49.7. The van der Waals surface area contributed by atoms with E-state index in [2.05, 4.69) is 17.6 Å². The Morgan fingerprint density at radius 3 is 2.52 bits per heavy atom. The number of carbonyl (C=O) groups excluding carboxylic acids is 3. The molecule has 29 heavy (non-hydrogen) atoms. The fraction of sp³-hybridized carbons (Fsp3) is 0.800. The predicted octanol–water partition coefficient (Wildman–Crippen LogP) is 1.12. The lowest BCUT2D eigenvalue weighted by Gasteiger charge is -2.25. The first-order valence-corrected chi connectivity index (χ1v) is 10.6. The normalized spacial score (nSPS) is 31.0. The van der Waals surface area contributed by atoms with Gasteiger partial charge in [0.25, 0.3) is 0 Å². The highest BCUT2D eigenvalue weighted by Gasteiger charge is 2.54. The standard InChI is InChI=1S/C20H31N3O6/c1-3-5-15(19(26)27)22-18(25)16-6-4-7-23(16)17(24)10-21-20(28)29-12-8-13-11(2)14(13)9-12/h11-16H,3-10H2,1-2H3,(H,21,28)(H,22,25)(H,26,27)/t11-,12+,13+,14-,15-,16+/m1/s1. The van der Waals surface area contributed by atoms with Crippen molar-refractivity contribution in [3.05, 3.63) is 0 Å². The van der Waals surface area contributed by atoms with E-state index in [0.717, 1.165) is 18.8 Å². The second kappa shape index (κ2) is 9.00. The minimum absolute atomic E-state index is 0.0758. The predicted molar refractivity (Wildman–Crippen MR) is 103 cm³/mol. The van der Waals surface area contributed by atoms with Gasteiger partial charge in [0.2, 0.25) is 11.8 Å². The molecule has 3 rings (SSSR count). The summed E-state index contributed by atoms with van der Waals surface area (Å²) in [6, 6.07) is -1.67. The lowest BCUT2D eigenvalue weighted by molar-refractivity contribution is -0.143. The van der Waals surface area contributed by atoms with Crippen LogP contribution in [-0.2, 0) is 19.1 Å². The van der Waals surface area contributed by atoms with Crippen LogP contribution in [0.1, 0.15) is 52.4 Å². The number of amides is 3. The maximum Gasteiger partial charge on any atom is 0.407 e. The van der Waals surface area contributed by atoms with Crippen LogP contribution < -0.4 is 10.6 Å². The Bertz CT molecular complexity index is 657. The number of rotatable bonds is 8. The number of ether oxygens (including phenoxy) is 1. The van der Waals surface area contributed by atoms with E-state index in [-0.39, 0.29) is 18.6 Å². The molecule has 0 spiro atoms. The summed E-state index contributed by atoms with van der Waals surface area (Å²) in [5.74, 6) is 0.153. The minimum Gasteiger partial charge on any atom is -0.480 e. The van der Waals surface area contributed by atoms with Crippen LogP contribution in [0.5, 0.6) is 0 Å². The van der Waals surface area contributed by atoms with Crippen molar-refractivity contribution < 1.29 is 29.0 Å². The molecule has 3 fully saturated rings. The van der Waals surface area contributed by atoms with Crippen LogP contribution in [0.3, 0.4) is 0 Å². The molecular weight excluding hydrogens is 378 g/mol. The topological polar surface area (TPSA) is 125 Å². The van der Waals surface area contributed by atoms with E-state index in [9.17, 15) is 24.3 Å². The van der Waals surface area contributed by atoms with Gasteiger partial charge in [0.05, 0.1) is 0 Å². The monoisotopic (exact) mass is 409 g/mol.